The minimum atomic E-state index is 0.777. The van der Waals surface area contributed by atoms with Gasteiger partial charge >= 0.3 is 0 Å². The molecule has 1 aromatic rings. The Kier molecular flexibility index (Phi) is 5.81. The van der Waals surface area contributed by atoms with Crippen molar-refractivity contribution < 1.29 is 5.21 Å². The second-order valence-corrected chi connectivity index (χ2v) is 5.34. The van der Waals surface area contributed by atoms with Gasteiger partial charge in [-0.3, -0.25) is 4.90 Å². The van der Waals surface area contributed by atoms with Crippen molar-refractivity contribution in [2.24, 2.45) is 5.16 Å². The zero-order chi connectivity index (χ0) is 14.2. The topological polar surface area (TPSA) is 35.8 Å². The summed E-state index contributed by atoms with van der Waals surface area (Å²) in [4.78, 5) is 2.51. The lowest BCUT2D eigenvalue weighted by molar-refractivity contribution is 0.287. The van der Waals surface area contributed by atoms with Crippen LogP contribution in [0.3, 0.4) is 0 Å². The highest BCUT2D eigenvalue weighted by atomic mass is 16.4. The number of oxime groups is 1. The van der Waals surface area contributed by atoms with Crippen molar-refractivity contribution in [2.75, 3.05) is 19.6 Å². The second kappa shape index (κ2) is 7.85. The molecule has 2 rings (SSSR count). The van der Waals surface area contributed by atoms with Crippen LogP contribution in [0, 0.1) is 0 Å². The fraction of sp³-hybridized carbons (Fsp3) is 0.471. The van der Waals surface area contributed by atoms with Crippen LogP contribution >= 0.6 is 0 Å². The van der Waals surface area contributed by atoms with Gasteiger partial charge in [-0.1, -0.05) is 54.1 Å². The fourth-order valence-corrected chi connectivity index (χ4v) is 2.73. The third-order valence-corrected chi connectivity index (χ3v) is 3.76. The maximum Gasteiger partial charge on any atom is 0.0870 e. The lowest BCUT2D eigenvalue weighted by Crippen LogP contribution is -2.30. The molecule has 20 heavy (non-hydrogen) atoms. The first-order valence-electron chi connectivity index (χ1n) is 7.50. The molecule has 3 heteroatoms. The van der Waals surface area contributed by atoms with E-state index in [1.54, 1.807) is 0 Å². The molecule has 0 radical (unpaired) electrons. The summed E-state index contributed by atoms with van der Waals surface area (Å²) in [6.45, 7) is 5.65. The Morgan fingerprint density at radius 3 is 2.80 bits per heavy atom. The molecule has 0 saturated carbocycles. The van der Waals surface area contributed by atoms with Crippen LogP contribution in [0.25, 0.3) is 0 Å². The Hall–Kier alpha value is -1.61. The highest BCUT2D eigenvalue weighted by Crippen LogP contribution is 2.17. The molecule has 0 unspecified atom stereocenters. The van der Waals surface area contributed by atoms with Gasteiger partial charge < -0.3 is 5.21 Å². The molecule has 1 heterocycles. The maximum absolute atomic E-state index is 9.20. The third-order valence-electron chi connectivity index (χ3n) is 3.76. The second-order valence-electron chi connectivity index (χ2n) is 5.34. The predicted molar refractivity (Wildman–Crippen MR) is 83.4 cm³/mol. The number of hydrogen-bond acceptors (Lipinski definition) is 3. The number of benzene rings is 1. The number of hydrogen-bond donors (Lipinski definition) is 1. The van der Waals surface area contributed by atoms with E-state index in [0.717, 1.165) is 37.1 Å². The van der Waals surface area contributed by atoms with Gasteiger partial charge in [0, 0.05) is 13.1 Å². The average molecular weight is 272 g/mol. The van der Waals surface area contributed by atoms with Crippen LogP contribution in [0.1, 0.15) is 38.2 Å². The summed E-state index contributed by atoms with van der Waals surface area (Å²) in [5.74, 6) is 0. The lowest BCUT2D eigenvalue weighted by atomic mass is 9.99. The van der Waals surface area contributed by atoms with Crippen molar-refractivity contribution in [3.63, 3.8) is 0 Å². The molecule has 0 aliphatic carbocycles. The average Bonchev–Trinajstić information content (AvgIpc) is 2.50. The van der Waals surface area contributed by atoms with Crippen LogP contribution in [0.5, 0.6) is 0 Å². The van der Waals surface area contributed by atoms with E-state index >= 15 is 0 Å². The molecule has 0 atom stereocenters. The molecule has 1 N–H and O–H groups in total. The number of rotatable bonds is 6. The summed E-state index contributed by atoms with van der Waals surface area (Å²) in [6.07, 6.45) is 6.49. The van der Waals surface area contributed by atoms with Gasteiger partial charge in [0.25, 0.3) is 0 Å². The largest absolute Gasteiger partial charge is 0.411 e. The summed E-state index contributed by atoms with van der Waals surface area (Å²) >= 11 is 0. The molecule has 0 bridgehead atoms. The van der Waals surface area contributed by atoms with E-state index in [4.69, 9.17) is 0 Å². The Labute approximate surface area is 121 Å². The Bertz CT molecular complexity index is 465. The summed E-state index contributed by atoms with van der Waals surface area (Å²) in [7, 11) is 0. The molecule has 108 valence electrons. The standard InChI is InChI=1S/C17H24N2O/c1-2-12-19-13-6-7-15(14-19)10-11-17(18-20)16-8-4-3-5-9-16/h3-5,7-9,20H,2,6,10-14H2,1H3. The molecule has 0 aromatic heterocycles. The Balaban J connectivity index is 1.89. The van der Waals surface area contributed by atoms with Crippen molar-refractivity contribution in [3.05, 3.63) is 47.5 Å². The zero-order valence-corrected chi connectivity index (χ0v) is 12.3. The first-order chi connectivity index (χ1) is 9.83. The van der Waals surface area contributed by atoms with E-state index in [9.17, 15) is 5.21 Å². The lowest BCUT2D eigenvalue weighted by Gasteiger charge is -2.26. The van der Waals surface area contributed by atoms with Crippen LogP contribution in [-0.2, 0) is 0 Å². The Morgan fingerprint density at radius 1 is 1.30 bits per heavy atom. The van der Waals surface area contributed by atoms with Gasteiger partial charge in [-0.2, -0.15) is 0 Å². The van der Waals surface area contributed by atoms with Gasteiger partial charge in [0.2, 0.25) is 0 Å². The van der Waals surface area contributed by atoms with Gasteiger partial charge in [-0.25, -0.2) is 0 Å². The predicted octanol–water partition coefficient (Wildman–Crippen LogP) is 3.69. The minimum absolute atomic E-state index is 0.777. The van der Waals surface area contributed by atoms with E-state index in [2.05, 4.69) is 23.1 Å². The molecule has 0 amide bonds. The fourth-order valence-electron chi connectivity index (χ4n) is 2.73. The molecule has 1 aliphatic heterocycles. The molecule has 1 aliphatic rings. The highest BCUT2D eigenvalue weighted by Gasteiger charge is 2.13. The first-order valence-corrected chi connectivity index (χ1v) is 7.50. The van der Waals surface area contributed by atoms with E-state index in [0.29, 0.717) is 0 Å². The van der Waals surface area contributed by atoms with Crippen molar-refractivity contribution in [3.8, 4) is 0 Å². The maximum atomic E-state index is 9.20. The molecular formula is C17H24N2O. The van der Waals surface area contributed by atoms with Gasteiger partial charge in [-0.15, -0.1) is 0 Å². The third kappa shape index (κ3) is 4.20. The molecule has 0 spiro atoms. The van der Waals surface area contributed by atoms with E-state index in [1.165, 1.54) is 25.1 Å². The molecular weight excluding hydrogens is 248 g/mol. The normalized spacial score (nSPS) is 17.1. The van der Waals surface area contributed by atoms with Crippen molar-refractivity contribution in [2.45, 2.75) is 32.6 Å². The van der Waals surface area contributed by atoms with E-state index in [-0.39, 0.29) is 0 Å². The molecule has 0 fully saturated rings. The van der Waals surface area contributed by atoms with E-state index < -0.39 is 0 Å². The van der Waals surface area contributed by atoms with Crippen molar-refractivity contribution >= 4 is 5.71 Å². The van der Waals surface area contributed by atoms with Crippen LogP contribution < -0.4 is 0 Å². The molecule has 0 saturated heterocycles. The highest BCUT2D eigenvalue weighted by molar-refractivity contribution is 6.00. The minimum Gasteiger partial charge on any atom is -0.411 e. The molecule has 1 aromatic carbocycles. The molecule has 3 nitrogen and oxygen atoms in total. The van der Waals surface area contributed by atoms with Crippen LogP contribution in [-0.4, -0.2) is 35.5 Å². The summed E-state index contributed by atoms with van der Waals surface area (Å²) in [6, 6.07) is 9.92. The monoisotopic (exact) mass is 272 g/mol. The van der Waals surface area contributed by atoms with Gasteiger partial charge in [0.1, 0.15) is 0 Å². The van der Waals surface area contributed by atoms with E-state index in [1.807, 2.05) is 30.3 Å². The summed E-state index contributed by atoms with van der Waals surface area (Å²) in [5, 5.41) is 12.7. The van der Waals surface area contributed by atoms with Crippen molar-refractivity contribution in [1.29, 1.82) is 0 Å². The van der Waals surface area contributed by atoms with Crippen molar-refractivity contribution in [1.82, 2.24) is 4.90 Å². The number of nitrogens with zero attached hydrogens (tertiary/aromatic N) is 2. The Morgan fingerprint density at radius 2 is 2.10 bits per heavy atom. The van der Waals surface area contributed by atoms with Gasteiger partial charge in [-0.05, 0) is 37.8 Å². The van der Waals surface area contributed by atoms with Crippen LogP contribution in [0.15, 0.2) is 47.1 Å². The van der Waals surface area contributed by atoms with Gasteiger partial charge in [0.15, 0.2) is 0 Å². The van der Waals surface area contributed by atoms with Crippen LogP contribution in [0.4, 0.5) is 0 Å². The smallest absolute Gasteiger partial charge is 0.0870 e. The van der Waals surface area contributed by atoms with Crippen LogP contribution in [0.2, 0.25) is 0 Å². The zero-order valence-electron chi connectivity index (χ0n) is 12.3. The quantitative estimate of drug-likeness (QED) is 0.371. The summed E-state index contributed by atoms with van der Waals surface area (Å²) in [5.41, 5.74) is 3.26. The SMILES string of the molecule is CCCN1CCC=C(CCC(=NO)c2ccccc2)C1. The first kappa shape index (κ1) is 14.8. The summed E-state index contributed by atoms with van der Waals surface area (Å²) < 4.78 is 0. The van der Waals surface area contributed by atoms with Gasteiger partial charge in [0.05, 0.1) is 5.71 Å².